The lowest BCUT2D eigenvalue weighted by Gasteiger charge is -2.35. The molecule has 3 heteroatoms. The fourth-order valence-electron chi connectivity index (χ4n) is 2.96. The highest BCUT2D eigenvalue weighted by molar-refractivity contribution is 6.25. The first-order valence-corrected chi connectivity index (χ1v) is 8.79. The molecular weight excluding hydrogens is 284 g/mol. The molecular formula is C20H30N2O. The molecule has 0 aromatic carbocycles. The van der Waals surface area contributed by atoms with E-state index in [1.165, 1.54) is 16.7 Å². The largest absolute Gasteiger partial charge is 0.492 e. The average Bonchev–Trinajstić information content (AvgIpc) is 2.54. The zero-order valence-corrected chi connectivity index (χ0v) is 15.7. The average molecular weight is 314 g/mol. The molecule has 2 atom stereocenters. The quantitative estimate of drug-likeness (QED) is 0.654. The van der Waals surface area contributed by atoms with E-state index in [1.54, 1.807) is 0 Å². The van der Waals surface area contributed by atoms with Crippen LogP contribution in [0.1, 0.15) is 61.3 Å². The Balaban J connectivity index is 2.57. The summed E-state index contributed by atoms with van der Waals surface area (Å²) in [7, 11) is 0. The molecule has 0 N–H and O–H groups in total. The highest BCUT2D eigenvalue weighted by Crippen LogP contribution is 2.38. The van der Waals surface area contributed by atoms with Crippen molar-refractivity contribution in [2.75, 3.05) is 6.61 Å². The normalized spacial score (nSPS) is 27.3. The number of nitrogens with zero attached hydrogens (tertiary/aromatic N) is 2. The molecule has 1 aliphatic heterocycles. The van der Waals surface area contributed by atoms with E-state index in [-0.39, 0.29) is 5.54 Å². The molecule has 23 heavy (non-hydrogen) atoms. The standard InChI is InChI=1S/C20H30N2O/c1-8-13(4)21-16-11-17-14(5)15(6)20(7,9-2)22-19(17)18(12-16)23-10-3/h11-13H,8-10H2,1-7H3. The van der Waals surface area contributed by atoms with Gasteiger partial charge in [-0.2, -0.15) is 0 Å². The fourth-order valence-corrected chi connectivity index (χ4v) is 2.96. The van der Waals surface area contributed by atoms with E-state index in [0.717, 1.165) is 30.0 Å². The molecule has 0 saturated heterocycles. The zero-order chi connectivity index (χ0) is 17.2. The number of aliphatic imine (C=N–C) groups is 2. The number of hydrogen-bond acceptors (Lipinski definition) is 3. The Bertz CT molecular complexity index is 634. The van der Waals surface area contributed by atoms with Gasteiger partial charge < -0.3 is 4.74 Å². The Morgan fingerprint density at radius 2 is 1.91 bits per heavy atom. The number of rotatable bonds is 5. The molecule has 0 spiro atoms. The minimum atomic E-state index is -0.141. The van der Waals surface area contributed by atoms with E-state index >= 15 is 0 Å². The van der Waals surface area contributed by atoms with E-state index in [4.69, 9.17) is 14.7 Å². The van der Waals surface area contributed by atoms with Gasteiger partial charge in [-0.3, -0.25) is 9.98 Å². The molecule has 0 amide bonds. The second-order valence-electron chi connectivity index (χ2n) is 6.65. The van der Waals surface area contributed by atoms with Crippen LogP contribution in [0.2, 0.25) is 0 Å². The molecule has 0 aromatic rings. The second-order valence-corrected chi connectivity index (χ2v) is 6.65. The van der Waals surface area contributed by atoms with Crippen molar-refractivity contribution in [3.63, 3.8) is 0 Å². The Kier molecular flexibility index (Phi) is 5.28. The summed E-state index contributed by atoms with van der Waals surface area (Å²) in [5, 5.41) is 0. The van der Waals surface area contributed by atoms with Crippen LogP contribution in [0, 0.1) is 0 Å². The predicted molar refractivity (Wildman–Crippen MR) is 99.5 cm³/mol. The Hall–Kier alpha value is -1.64. The van der Waals surface area contributed by atoms with E-state index in [9.17, 15) is 0 Å². The van der Waals surface area contributed by atoms with E-state index in [1.807, 2.05) is 13.0 Å². The van der Waals surface area contributed by atoms with Gasteiger partial charge in [-0.15, -0.1) is 0 Å². The predicted octanol–water partition coefficient (Wildman–Crippen LogP) is 5.05. The van der Waals surface area contributed by atoms with Crippen LogP contribution in [0.3, 0.4) is 0 Å². The van der Waals surface area contributed by atoms with Gasteiger partial charge in [-0.05, 0) is 64.7 Å². The summed E-state index contributed by atoms with van der Waals surface area (Å²) in [4.78, 5) is 9.86. The summed E-state index contributed by atoms with van der Waals surface area (Å²) in [6.45, 7) is 15.8. The van der Waals surface area contributed by atoms with Crippen molar-refractivity contribution >= 4 is 11.4 Å². The molecule has 0 fully saturated rings. The van der Waals surface area contributed by atoms with Gasteiger partial charge in [0.05, 0.1) is 17.9 Å². The van der Waals surface area contributed by atoms with Crippen molar-refractivity contribution in [3.8, 4) is 0 Å². The van der Waals surface area contributed by atoms with Gasteiger partial charge in [0.15, 0.2) is 0 Å². The van der Waals surface area contributed by atoms with Crippen LogP contribution >= 0.6 is 0 Å². The lowest BCUT2D eigenvalue weighted by molar-refractivity contribution is 0.249. The molecule has 0 saturated carbocycles. The number of allylic oxidation sites excluding steroid dienone is 4. The number of dihydropyridines is 1. The van der Waals surface area contributed by atoms with E-state index < -0.39 is 0 Å². The third-order valence-corrected chi connectivity index (χ3v) is 5.14. The third kappa shape index (κ3) is 3.34. The van der Waals surface area contributed by atoms with Gasteiger partial charge in [-0.1, -0.05) is 13.8 Å². The van der Waals surface area contributed by atoms with Gasteiger partial charge in [0.1, 0.15) is 11.5 Å². The zero-order valence-electron chi connectivity index (χ0n) is 15.7. The molecule has 0 radical (unpaired) electrons. The smallest absolute Gasteiger partial charge is 0.147 e. The first-order valence-electron chi connectivity index (χ1n) is 8.79. The second kappa shape index (κ2) is 6.86. The maximum absolute atomic E-state index is 5.91. The van der Waals surface area contributed by atoms with Gasteiger partial charge >= 0.3 is 0 Å². The van der Waals surface area contributed by atoms with Gasteiger partial charge in [-0.25, -0.2) is 0 Å². The van der Waals surface area contributed by atoms with Crippen molar-refractivity contribution in [1.82, 2.24) is 0 Å². The van der Waals surface area contributed by atoms with E-state index in [0.29, 0.717) is 12.6 Å². The summed E-state index contributed by atoms with van der Waals surface area (Å²) >= 11 is 0. The molecule has 2 unspecified atom stereocenters. The van der Waals surface area contributed by atoms with Crippen molar-refractivity contribution in [1.29, 1.82) is 0 Å². The molecule has 1 aliphatic carbocycles. The monoisotopic (exact) mass is 314 g/mol. The summed E-state index contributed by atoms with van der Waals surface area (Å²) in [5.41, 5.74) is 5.66. The van der Waals surface area contributed by atoms with Crippen LogP contribution in [0.5, 0.6) is 0 Å². The van der Waals surface area contributed by atoms with Crippen molar-refractivity contribution in [2.24, 2.45) is 9.98 Å². The number of ether oxygens (including phenoxy) is 1. The number of hydrogen-bond donors (Lipinski definition) is 0. The van der Waals surface area contributed by atoms with Crippen LogP contribution in [0.25, 0.3) is 0 Å². The summed E-state index contributed by atoms with van der Waals surface area (Å²) < 4.78 is 5.91. The van der Waals surface area contributed by atoms with Crippen LogP contribution in [0.4, 0.5) is 0 Å². The SMILES string of the molecule is CCOC1=CC(=NC(C)CC)C=C2C1=NC(C)(CC)C(C)=C2C. The van der Waals surface area contributed by atoms with Crippen LogP contribution in [-0.2, 0) is 4.74 Å². The highest BCUT2D eigenvalue weighted by atomic mass is 16.5. The van der Waals surface area contributed by atoms with Crippen LogP contribution in [0.15, 0.2) is 44.6 Å². The minimum absolute atomic E-state index is 0.141. The number of fused-ring (bicyclic) bond motifs is 1. The molecule has 2 rings (SSSR count). The van der Waals surface area contributed by atoms with E-state index in [2.05, 4.69) is 47.6 Å². The molecule has 1 heterocycles. The lowest BCUT2D eigenvalue weighted by Crippen LogP contribution is -2.33. The van der Waals surface area contributed by atoms with Gasteiger partial charge in [0.2, 0.25) is 0 Å². The lowest BCUT2D eigenvalue weighted by atomic mass is 9.79. The first kappa shape index (κ1) is 17.7. The highest BCUT2D eigenvalue weighted by Gasteiger charge is 2.35. The Morgan fingerprint density at radius 1 is 1.22 bits per heavy atom. The molecule has 126 valence electrons. The van der Waals surface area contributed by atoms with Crippen molar-refractivity contribution in [2.45, 2.75) is 72.9 Å². The molecule has 3 nitrogen and oxygen atoms in total. The van der Waals surface area contributed by atoms with Gasteiger partial charge in [0.25, 0.3) is 0 Å². The maximum Gasteiger partial charge on any atom is 0.147 e. The van der Waals surface area contributed by atoms with Crippen molar-refractivity contribution in [3.05, 3.63) is 34.6 Å². The van der Waals surface area contributed by atoms with Gasteiger partial charge in [0, 0.05) is 17.7 Å². The van der Waals surface area contributed by atoms with Crippen LogP contribution < -0.4 is 0 Å². The molecule has 2 aliphatic rings. The Morgan fingerprint density at radius 3 is 2.48 bits per heavy atom. The van der Waals surface area contributed by atoms with Crippen LogP contribution in [-0.4, -0.2) is 29.6 Å². The minimum Gasteiger partial charge on any atom is -0.492 e. The topological polar surface area (TPSA) is 34.0 Å². The van der Waals surface area contributed by atoms with Crippen molar-refractivity contribution < 1.29 is 4.74 Å². The third-order valence-electron chi connectivity index (χ3n) is 5.14. The summed E-state index contributed by atoms with van der Waals surface area (Å²) in [6.07, 6.45) is 6.23. The fraction of sp³-hybridized carbons (Fsp3) is 0.600. The summed E-state index contributed by atoms with van der Waals surface area (Å²) in [6, 6.07) is 0.314. The molecule has 0 aromatic heterocycles. The molecule has 0 bridgehead atoms. The summed E-state index contributed by atoms with van der Waals surface area (Å²) in [5.74, 6) is 0.860. The Labute approximate surface area is 140 Å². The first-order chi connectivity index (χ1) is 10.9. The maximum atomic E-state index is 5.91.